The van der Waals surface area contributed by atoms with Gasteiger partial charge in [0.1, 0.15) is 24.0 Å². The Morgan fingerprint density at radius 2 is 1.60 bits per heavy atom. The largest absolute Gasteiger partial charge is 0.456 e. The molecule has 57 heavy (non-hydrogen) atoms. The number of cyclic esters (lactones) is 1. The molecule has 13 heteroatoms. The van der Waals surface area contributed by atoms with Crippen molar-refractivity contribution in [2.24, 2.45) is 29.6 Å². The summed E-state index contributed by atoms with van der Waals surface area (Å²) >= 11 is 0. The predicted molar refractivity (Wildman–Crippen MR) is 213 cm³/mol. The second-order valence-corrected chi connectivity index (χ2v) is 17.3. The van der Waals surface area contributed by atoms with Gasteiger partial charge in [-0.25, -0.2) is 4.79 Å². The number of carbonyl (C=O) groups excluding carboxylic acids is 4. The Labute approximate surface area is 339 Å². The van der Waals surface area contributed by atoms with E-state index >= 15 is 0 Å². The number of Topliss-reactive ketones (excluding diaryl/α,β-unsaturated/α-hetero) is 2. The first-order chi connectivity index (χ1) is 27.0. The van der Waals surface area contributed by atoms with Crippen molar-refractivity contribution in [1.29, 1.82) is 0 Å². The van der Waals surface area contributed by atoms with Gasteiger partial charge in [0.15, 0.2) is 0 Å². The highest BCUT2D eigenvalue weighted by Gasteiger charge is 2.56. The number of nitrogens with zero attached hydrogens (tertiary/aromatic N) is 1. The molecule has 0 spiro atoms. The number of carbonyl (C=O) groups is 4. The highest BCUT2D eigenvalue weighted by molar-refractivity contribution is 6.39. The van der Waals surface area contributed by atoms with Crippen molar-refractivity contribution in [2.75, 3.05) is 27.9 Å². The molecule has 13 nitrogen and oxygen atoms in total. The molecule has 14 atom stereocenters. The van der Waals surface area contributed by atoms with E-state index in [9.17, 15) is 34.5 Å². The fourth-order valence-corrected chi connectivity index (χ4v) is 9.42. The molecular weight excluding hydrogens is 734 g/mol. The van der Waals surface area contributed by atoms with Crippen LogP contribution in [-0.4, -0.2) is 126 Å². The number of rotatable bonds is 7. The van der Waals surface area contributed by atoms with Crippen LogP contribution in [0.2, 0.25) is 0 Å². The zero-order chi connectivity index (χ0) is 42.2. The number of amides is 1. The first-order valence-corrected chi connectivity index (χ1v) is 20.9. The molecule has 0 aromatic rings. The van der Waals surface area contributed by atoms with Crippen molar-refractivity contribution >= 4 is 23.4 Å². The predicted octanol–water partition coefficient (Wildman–Crippen LogP) is 4.64. The first-order valence-electron chi connectivity index (χ1n) is 20.9. The van der Waals surface area contributed by atoms with E-state index in [1.807, 2.05) is 32.9 Å². The summed E-state index contributed by atoms with van der Waals surface area (Å²) in [6.45, 7) is 13.1. The SMILES string of the molecule is C=CC[C@@H]1/C=C(/C)C[C@H](C)C[C@H](OC)[C@H]2O[C@@](O)(C(=O)C(=O)N3CCCC[C@H]3C(=O)O[C@H](/C(C)=C/[C@@H]3CC[C@@H](O)[C@H](OC)C3)[C@H](C)[C@@H](O)CC1=O)[C@H](C)C[C@@H]2OC. The van der Waals surface area contributed by atoms with Crippen LogP contribution in [0.5, 0.6) is 0 Å². The van der Waals surface area contributed by atoms with Crippen LogP contribution in [0.15, 0.2) is 36.0 Å². The van der Waals surface area contributed by atoms with Crippen LogP contribution in [0.1, 0.15) is 105 Å². The molecule has 3 N–H and O–H groups in total. The molecule has 4 rings (SSSR count). The number of ether oxygens (including phenoxy) is 5. The van der Waals surface area contributed by atoms with Crippen molar-refractivity contribution < 1.29 is 58.2 Å². The van der Waals surface area contributed by atoms with Crippen LogP contribution in [0.25, 0.3) is 0 Å². The second kappa shape index (κ2) is 21.0. The summed E-state index contributed by atoms with van der Waals surface area (Å²) in [7, 11) is 4.61. The summed E-state index contributed by atoms with van der Waals surface area (Å²) in [5.41, 5.74) is 1.61. The van der Waals surface area contributed by atoms with E-state index < -0.39 is 83.9 Å². The van der Waals surface area contributed by atoms with E-state index in [0.717, 1.165) is 5.57 Å². The minimum absolute atomic E-state index is 0.00988. The smallest absolute Gasteiger partial charge is 0.329 e. The molecule has 1 aliphatic carbocycles. The molecule has 3 aliphatic heterocycles. The van der Waals surface area contributed by atoms with Gasteiger partial charge < -0.3 is 43.9 Å². The lowest BCUT2D eigenvalue weighted by Crippen LogP contribution is -2.64. The molecule has 2 bridgehead atoms. The number of hydrogen-bond donors (Lipinski definition) is 3. The fraction of sp³-hybridized carbons (Fsp3) is 0.773. The molecule has 0 aromatic carbocycles. The normalized spacial score (nSPS) is 41.0. The Morgan fingerprint density at radius 3 is 2.25 bits per heavy atom. The second-order valence-electron chi connectivity index (χ2n) is 17.3. The minimum Gasteiger partial charge on any atom is -0.456 e. The molecule has 1 saturated carbocycles. The summed E-state index contributed by atoms with van der Waals surface area (Å²) in [5.74, 6) is -7.76. The number of methoxy groups -OCH3 is 3. The third-order valence-electron chi connectivity index (χ3n) is 12.9. The third kappa shape index (κ3) is 11.3. The Balaban J connectivity index is 1.78. The molecule has 2 saturated heterocycles. The topological polar surface area (TPSA) is 178 Å². The van der Waals surface area contributed by atoms with E-state index in [0.29, 0.717) is 56.9 Å². The first kappa shape index (κ1) is 46.9. The van der Waals surface area contributed by atoms with Gasteiger partial charge in [0.2, 0.25) is 5.79 Å². The van der Waals surface area contributed by atoms with Crippen LogP contribution in [0, 0.1) is 29.6 Å². The average Bonchev–Trinajstić information content (AvgIpc) is 3.18. The molecule has 0 aromatic heterocycles. The van der Waals surface area contributed by atoms with Crippen LogP contribution < -0.4 is 0 Å². The van der Waals surface area contributed by atoms with E-state index in [1.54, 1.807) is 27.0 Å². The standard InChI is InChI=1S/C44H69NO12/c1-10-13-31-19-25(2)18-26(3)20-37(54-8)40-38(55-9)22-28(5)44(52,57-40)41(49)42(50)45-17-12-11-14-32(45)43(51)56-39(29(6)34(47)24-35(31)48)27(4)21-30-15-16-33(46)36(23-30)53-7/h10,19,21,26,28-34,36-40,46-47,52H,1,11-18,20,22-24H2,2-9H3/b25-19-,27-21+/t26-,28+,29+,30-,31+,32-,33+,34-,36+,37-,38-,39+,40+,44+/m0/s1. The van der Waals surface area contributed by atoms with Crippen molar-refractivity contribution in [3.8, 4) is 0 Å². The number of ketones is 2. The Kier molecular flexibility index (Phi) is 17.2. The number of aliphatic hydroxyl groups is 3. The van der Waals surface area contributed by atoms with Crippen molar-refractivity contribution in [3.63, 3.8) is 0 Å². The molecule has 322 valence electrons. The lowest BCUT2D eigenvalue weighted by molar-refractivity contribution is -0.302. The Bertz CT molecular complexity index is 1480. The molecule has 0 unspecified atom stereocenters. The fourth-order valence-electron chi connectivity index (χ4n) is 9.42. The van der Waals surface area contributed by atoms with E-state index in [4.69, 9.17) is 23.7 Å². The van der Waals surface area contributed by atoms with Crippen LogP contribution >= 0.6 is 0 Å². The van der Waals surface area contributed by atoms with Gasteiger partial charge in [-0.15, -0.1) is 6.58 Å². The Morgan fingerprint density at radius 1 is 0.930 bits per heavy atom. The maximum Gasteiger partial charge on any atom is 0.329 e. The molecular formula is C44H69NO12. The zero-order valence-corrected chi connectivity index (χ0v) is 35.4. The van der Waals surface area contributed by atoms with Crippen LogP contribution in [0.4, 0.5) is 0 Å². The number of hydrogen-bond acceptors (Lipinski definition) is 12. The minimum atomic E-state index is -2.51. The summed E-state index contributed by atoms with van der Waals surface area (Å²) in [6.07, 6.45) is 4.93. The lowest BCUT2D eigenvalue weighted by Gasteiger charge is -2.47. The van der Waals surface area contributed by atoms with Gasteiger partial charge in [-0.3, -0.25) is 14.4 Å². The summed E-state index contributed by atoms with van der Waals surface area (Å²) in [4.78, 5) is 57.8. The number of piperidine rings is 1. The number of allylic oxidation sites excluding steroid dienone is 4. The van der Waals surface area contributed by atoms with Gasteiger partial charge >= 0.3 is 5.97 Å². The molecule has 3 fully saturated rings. The van der Waals surface area contributed by atoms with Gasteiger partial charge in [-0.2, -0.15) is 0 Å². The van der Waals surface area contributed by atoms with E-state index in [2.05, 4.69) is 6.58 Å². The maximum absolute atomic E-state index is 14.3. The average molecular weight is 804 g/mol. The van der Waals surface area contributed by atoms with Gasteiger partial charge in [0.05, 0.1) is 30.5 Å². The lowest BCUT2D eigenvalue weighted by atomic mass is 9.81. The van der Waals surface area contributed by atoms with Crippen molar-refractivity contribution in [1.82, 2.24) is 4.90 Å². The summed E-state index contributed by atoms with van der Waals surface area (Å²) < 4.78 is 29.7. The van der Waals surface area contributed by atoms with Gasteiger partial charge in [-0.1, -0.05) is 44.6 Å². The number of fused-ring (bicyclic) bond motifs is 3. The molecule has 0 radical (unpaired) electrons. The third-order valence-corrected chi connectivity index (χ3v) is 12.9. The Hall–Kier alpha value is -2.78. The zero-order valence-electron chi connectivity index (χ0n) is 35.4. The highest BCUT2D eigenvalue weighted by atomic mass is 16.7. The highest BCUT2D eigenvalue weighted by Crippen LogP contribution is 2.39. The number of esters is 1. The molecule has 1 amide bonds. The van der Waals surface area contributed by atoms with E-state index in [-0.39, 0.29) is 49.5 Å². The summed E-state index contributed by atoms with van der Waals surface area (Å²) in [5, 5.41) is 34.1. The maximum atomic E-state index is 14.3. The van der Waals surface area contributed by atoms with Crippen LogP contribution in [0.3, 0.4) is 0 Å². The quantitative estimate of drug-likeness (QED) is 0.185. The van der Waals surface area contributed by atoms with Gasteiger partial charge in [0, 0.05) is 52.0 Å². The van der Waals surface area contributed by atoms with Crippen molar-refractivity contribution in [2.45, 2.75) is 160 Å². The molecule has 3 heterocycles. The van der Waals surface area contributed by atoms with Gasteiger partial charge in [0.25, 0.3) is 11.7 Å². The molecule has 4 aliphatic rings. The van der Waals surface area contributed by atoms with Crippen molar-refractivity contribution in [3.05, 3.63) is 36.0 Å². The number of aliphatic hydroxyl groups excluding tert-OH is 2. The van der Waals surface area contributed by atoms with Crippen LogP contribution in [-0.2, 0) is 42.9 Å². The monoisotopic (exact) mass is 803 g/mol. The van der Waals surface area contributed by atoms with Gasteiger partial charge in [-0.05, 0) is 95.5 Å². The van der Waals surface area contributed by atoms with E-state index in [1.165, 1.54) is 19.1 Å². The summed E-state index contributed by atoms with van der Waals surface area (Å²) in [6, 6.07) is -1.14.